The number of benzene rings is 2. The van der Waals surface area contributed by atoms with Gasteiger partial charge in [-0.3, -0.25) is 0 Å². The molecule has 0 spiro atoms. The fraction of sp³-hybridized carbons (Fsp3) is 0.250. The first kappa shape index (κ1) is 18.2. The van der Waals surface area contributed by atoms with Gasteiger partial charge in [0.1, 0.15) is 0 Å². The smallest absolute Gasteiger partial charge is 0.264 e. The van der Waals surface area contributed by atoms with Crippen molar-refractivity contribution in [1.29, 1.82) is 0 Å². The van der Waals surface area contributed by atoms with Crippen molar-refractivity contribution >= 4 is 21.6 Å². The number of halogens is 1. The highest BCUT2D eigenvalue weighted by Crippen LogP contribution is 2.35. The first-order valence-corrected chi connectivity index (χ1v) is 10.7. The highest BCUT2D eigenvalue weighted by molar-refractivity contribution is 7.89. The monoisotopic (exact) mass is 402 g/mol. The fourth-order valence-electron chi connectivity index (χ4n) is 3.20. The Bertz CT molecular complexity index is 1020. The number of aromatic nitrogens is 1. The Morgan fingerprint density at radius 1 is 0.889 bits per heavy atom. The second-order valence-corrected chi connectivity index (χ2v) is 8.78. The van der Waals surface area contributed by atoms with Crippen LogP contribution in [0, 0.1) is 0 Å². The van der Waals surface area contributed by atoms with E-state index in [0.29, 0.717) is 23.7 Å². The lowest BCUT2D eigenvalue weighted by Crippen LogP contribution is -2.36. The molecule has 7 heteroatoms. The third kappa shape index (κ3) is 3.65. The van der Waals surface area contributed by atoms with Crippen molar-refractivity contribution in [2.45, 2.75) is 24.3 Å². The van der Waals surface area contributed by atoms with E-state index in [9.17, 15) is 8.42 Å². The van der Waals surface area contributed by atoms with Crippen molar-refractivity contribution in [2.24, 2.45) is 0 Å². The van der Waals surface area contributed by atoms with Crippen molar-refractivity contribution in [3.05, 3.63) is 59.6 Å². The first-order chi connectivity index (χ1) is 13.1. The van der Waals surface area contributed by atoms with Gasteiger partial charge in [-0.05, 0) is 49.2 Å². The average molecular weight is 403 g/mol. The predicted molar refractivity (Wildman–Crippen MR) is 105 cm³/mol. The van der Waals surface area contributed by atoms with E-state index in [1.165, 1.54) is 4.31 Å². The Morgan fingerprint density at radius 2 is 1.56 bits per heavy atom. The molecule has 2 aromatic carbocycles. The molecule has 0 N–H and O–H groups in total. The normalized spacial score (nSPS) is 15.7. The van der Waals surface area contributed by atoms with Gasteiger partial charge in [0, 0.05) is 29.2 Å². The molecule has 1 fully saturated rings. The van der Waals surface area contributed by atoms with Crippen LogP contribution in [0.4, 0.5) is 0 Å². The zero-order valence-electron chi connectivity index (χ0n) is 14.6. The molecule has 0 bridgehead atoms. The van der Waals surface area contributed by atoms with Gasteiger partial charge in [-0.25, -0.2) is 8.42 Å². The molecule has 1 aliphatic rings. The Morgan fingerprint density at radius 3 is 2.22 bits per heavy atom. The Balaban J connectivity index is 1.86. The number of piperidine rings is 1. The van der Waals surface area contributed by atoms with E-state index in [1.807, 2.05) is 30.3 Å². The van der Waals surface area contributed by atoms with Gasteiger partial charge >= 0.3 is 0 Å². The minimum atomic E-state index is -3.74. The molecular weight excluding hydrogens is 384 g/mol. The molecule has 0 saturated carbocycles. The van der Waals surface area contributed by atoms with E-state index in [4.69, 9.17) is 16.0 Å². The molecular formula is C20H19ClN2O3S. The average Bonchev–Trinajstić information content (AvgIpc) is 3.16. The summed E-state index contributed by atoms with van der Waals surface area (Å²) in [5.74, 6) is 0.534. The topological polar surface area (TPSA) is 63.4 Å². The van der Waals surface area contributed by atoms with E-state index in [2.05, 4.69) is 4.98 Å². The Hall–Kier alpha value is -2.15. The van der Waals surface area contributed by atoms with Crippen molar-refractivity contribution in [3.8, 4) is 22.8 Å². The summed E-state index contributed by atoms with van der Waals surface area (Å²) >= 11 is 5.98. The SMILES string of the molecule is O=S(=O)(c1nc(-c2ccccc2)oc1-c1ccc(Cl)cc1)N1CCCCC1. The summed E-state index contributed by atoms with van der Waals surface area (Å²) in [6, 6.07) is 16.2. The van der Waals surface area contributed by atoms with Gasteiger partial charge in [-0.2, -0.15) is 9.29 Å². The van der Waals surface area contributed by atoms with Gasteiger partial charge in [-0.1, -0.05) is 36.2 Å². The standard InChI is InChI=1S/C20H19ClN2O3S/c21-17-11-9-15(10-12-17)18-20(27(24,25)23-13-5-2-6-14-23)22-19(26-18)16-7-3-1-4-8-16/h1,3-4,7-12H,2,5-6,13-14H2. The van der Waals surface area contributed by atoms with Gasteiger partial charge in [0.25, 0.3) is 10.0 Å². The maximum absolute atomic E-state index is 13.3. The molecule has 140 valence electrons. The van der Waals surface area contributed by atoms with Crippen LogP contribution in [0.3, 0.4) is 0 Å². The zero-order valence-corrected chi connectivity index (χ0v) is 16.2. The second-order valence-electron chi connectivity index (χ2n) is 6.49. The third-order valence-corrected chi connectivity index (χ3v) is 6.68. The summed E-state index contributed by atoms with van der Waals surface area (Å²) in [5, 5.41) is 0.535. The van der Waals surface area contributed by atoms with Crippen LogP contribution in [0.2, 0.25) is 5.02 Å². The zero-order chi connectivity index (χ0) is 18.9. The van der Waals surface area contributed by atoms with Gasteiger partial charge in [0.2, 0.25) is 10.9 Å². The summed E-state index contributed by atoms with van der Waals surface area (Å²) in [6.07, 6.45) is 2.77. The quantitative estimate of drug-likeness (QED) is 0.626. The van der Waals surface area contributed by atoms with Gasteiger partial charge in [0.05, 0.1) is 0 Å². The number of hydrogen-bond donors (Lipinski definition) is 0. The minimum absolute atomic E-state index is 0.0365. The van der Waals surface area contributed by atoms with Crippen LogP contribution in [0.1, 0.15) is 19.3 Å². The largest absolute Gasteiger partial charge is 0.435 e. The second kappa shape index (κ2) is 7.46. The van der Waals surface area contributed by atoms with E-state index in [-0.39, 0.29) is 16.7 Å². The molecule has 0 amide bonds. The molecule has 0 atom stereocenters. The summed E-state index contributed by atoms with van der Waals surface area (Å²) in [5.41, 5.74) is 1.36. The molecule has 0 aliphatic carbocycles. The molecule has 27 heavy (non-hydrogen) atoms. The predicted octanol–water partition coefficient (Wildman–Crippen LogP) is 4.84. The van der Waals surface area contributed by atoms with Crippen LogP contribution in [-0.2, 0) is 10.0 Å². The van der Waals surface area contributed by atoms with E-state index >= 15 is 0 Å². The van der Waals surface area contributed by atoms with Crippen LogP contribution in [0.25, 0.3) is 22.8 Å². The summed E-state index contributed by atoms with van der Waals surface area (Å²) < 4.78 is 34.0. The van der Waals surface area contributed by atoms with Crippen LogP contribution < -0.4 is 0 Å². The van der Waals surface area contributed by atoms with Crippen LogP contribution in [0.15, 0.2) is 64.0 Å². The van der Waals surface area contributed by atoms with E-state index in [0.717, 1.165) is 24.8 Å². The Labute approximate surface area is 163 Å². The molecule has 1 aliphatic heterocycles. The molecule has 3 aromatic rings. The van der Waals surface area contributed by atoms with Crippen LogP contribution in [-0.4, -0.2) is 30.8 Å². The highest BCUT2D eigenvalue weighted by Gasteiger charge is 2.33. The van der Waals surface area contributed by atoms with E-state index in [1.54, 1.807) is 24.3 Å². The molecule has 1 saturated heterocycles. The van der Waals surface area contributed by atoms with Gasteiger partial charge in [0.15, 0.2) is 5.76 Å². The molecule has 5 nitrogen and oxygen atoms in total. The lowest BCUT2D eigenvalue weighted by molar-refractivity contribution is 0.345. The highest BCUT2D eigenvalue weighted by atomic mass is 35.5. The maximum Gasteiger partial charge on any atom is 0.264 e. The van der Waals surface area contributed by atoms with E-state index < -0.39 is 10.0 Å². The van der Waals surface area contributed by atoms with Crippen molar-refractivity contribution in [3.63, 3.8) is 0 Å². The first-order valence-electron chi connectivity index (χ1n) is 8.88. The minimum Gasteiger partial charge on any atom is -0.435 e. The fourth-order valence-corrected chi connectivity index (χ4v) is 4.90. The number of sulfonamides is 1. The van der Waals surface area contributed by atoms with Crippen molar-refractivity contribution < 1.29 is 12.8 Å². The molecule has 1 aromatic heterocycles. The maximum atomic E-state index is 13.3. The summed E-state index contributed by atoms with van der Waals surface area (Å²) in [7, 11) is -3.74. The molecule has 2 heterocycles. The summed E-state index contributed by atoms with van der Waals surface area (Å²) in [4.78, 5) is 4.40. The molecule has 0 radical (unpaired) electrons. The lowest BCUT2D eigenvalue weighted by atomic mass is 10.2. The van der Waals surface area contributed by atoms with Crippen molar-refractivity contribution in [1.82, 2.24) is 9.29 Å². The van der Waals surface area contributed by atoms with Crippen LogP contribution >= 0.6 is 11.6 Å². The lowest BCUT2D eigenvalue weighted by Gasteiger charge is -2.25. The number of nitrogens with zero attached hydrogens (tertiary/aromatic N) is 2. The molecule has 0 unspecified atom stereocenters. The van der Waals surface area contributed by atoms with Crippen molar-refractivity contribution in [2.75, 3.05) is 13.1 Å². The van der Waals surface area contributed by atoms with Gasteiger partial charge < -0.3 is 4.42 Å². The number of oxazole rings is 1. The van der Waals surface area contributed by atoms with Crippen LogP contribution in [0.5, 0.6) is 0 Å². The third-order valence-electron chi connectivity index (χ3n) is 4.62. The van der Waals surface area contributed by atoms with Gasteiger partial charge in [-0.15, -0.1) is 0 Å². The summed E-state index contributed by atoms with van der Waals surface area (Å²) in [6.45, 7) is 1.02. The number of hydrogen-bond acceptors (Lipinski definition) is 4. The molecule has 4 rings (SSSR count). The Kier molecular flexibility index (Phi) is 5.04. The number of rotatable bonds is 4.